The average molecular weight is 539 g/mol. The van der Waals surface area contributed by atoms with Crippen LogP contribution in [0.1, 0.15) is 0 Å². The Hall–Kier alpha value is -5.74. The van der Waals surface area contributed by atoms with E-state index in [0.29, 0.717) is 11.6 Å². The maximum absolute atomic E-state index is 5.02. The van der Waals surface area contributed by atoms with Crippen LogP contribution in [0.5, 0.6) is 0 Å². The molecule has 2 heterocycles. The number of nitrogens with zero attached hydrogens (tertiary/aromatic N) is 4. The quantitative estimate of drug-likeness (QED) is 0.212. The van der Waals surface area contributed by atoms with E-state index >= 15 is 0 Å². The third-order valence-electron chi connectivity index (χ3n) is 7.11. The van der Waals surface area contributed by atoms with Crippen LogP contribution in [0.25, 0.3) is 67.8 Å². The molecule has 42 heavy (non-hydrogen) atoms. The highest BCUT2D eigenvalue weighted by Crippen LogP contribution is 2.32. The molecule has 198 valence electrons. The van der Waals surface area contributed by atoms with Crippen LogP contribution >= 0.6 is 0 Å². The smallest absolute Gasteiger partial charge is 0.160 e. The van der Waals surface area contributed by atoms with E-state index in [1.165, 1.54) is 0 Å². The predicted octanol–water partition coefficient (Wildman–Crippen LogP) is 9.27. The summed E-state index contributed by atoms with van der Waals surface area (Å²) in [6.07, 6.45) is 0. The SMILES string of the molecule is c1ccc(-c2cc(-c3cccc(-c4cc(-c5ccccc5)nc(-c5ccccc5)n4)c3)nc(-c3ccccc3)n2)cc1. The van der Waals surface area contributed by atoms with Gasteiger partial charge in [0.2, 0.25) is 0 Å². The third kappa shape index (κ3) is 5.34. The first-order valence-corrected chi connectivity index (χ1v) is 13.9. The van der Waals surface area contributed by atoms with Crippen molar-refractivity contribution in [3.8, 4) is 67.8 Å². The molecule has 0 saturated heterocycles. The molecular weight excluding hydrogens is 512 g/mol. The van der Waals surface area contributed by atoms with E-state index in [4.69, 9.17) is 19.9 Å². The van der Waals surface area contributed by atoms with Crippen molar-refractivity contribution in [3.63, 3.8) is 0 Å². The van der Waals surface area contributed by atoms with E-state index in [9.17, 15) is 0 Å². The van der Waals surface area contributed by atoms with Crippen molar-refractivity contribution < 1.29 is 0 Å². The van der Waals surface area contributed by atoms with E-state index in [1.807, 2.05) is 97.1 Å². The molecule has 0 atom stereocenters. The Kier molecular flexibility index (Phi) is 6.85. The summed E-state index contributed by atoms with van der Waals surface area (Å²) in [6.45, 7) is 0. The van der Waals surface area contributed by atoms with Gasteiger partial charge in [0.25, 0.3) is 0 Å². The summed E-state index contributed by atoms with van der Waals surface area (Å²) in [5, 5.41) is 0. The van der Waals surface area contributed by atoms with Crippen LogP contribution in [0.15, 0.2) is 158 Å². The minimum atomic E-state index is 0.692. The first-order valence-electron chi connectivity index (χ1n) is 13.9. The molecule has 0 unspecified atom stereocenters. The zero-order valence-corrected chi connectivity index (χ0v) is 22.8. The lowest BCUT2D eigenvalue weighted by molar-refractivity contribution is 1.18. The van der Waals surface area contributed by atoms with Gasteiger partial charge in [0.1, 0.15) is 0 Å². The molecule has 0 N–H and O–H groups in total. The predicted molar refractivity (Wildman–Crippen MR) is 170 cm³/mol. The monoisotopic (exact) mass is 538 g/mol. The summed E-state index contributed by atoms with van der Waals surface area (Å²) in [5.41, 5.74) is 9.49. The van der Waals surface area contributed by atoms with Gasteiger partial charge in [-0.1, -0.05) is 140 Å². The highest BCUT2D eigenvalue weighted by molar-refractivity contribution is 5.77. The van der Waals surface area contributed by atoms with Gasteiger partial charge < -0.3 is 0 Å². The third-order valence-corrected chi connectivity index (χ3v) is 7.11. The lowest BCUT2D eigenvalue weighted by Crippen LogP contribution is -1.97. The van der Waals surface area contributed by atoms with Crippen molar-refractivity contribution in [2.45, 2.75) is 0 Å². The summed E-state index contributed by atoms with van der Waals surface area (Å²) in [4.78, 5) is 19.9. The molecular formula is C38H26N4. The summed E-state index contributed by atoms with van der Waals surface area (Å²) in [6, 6.07) is 53.2. The fourth-order valence-corrected chi connectivity index (χ4v) is 4.97. The molecule has 4 nitrogen and oxygen atoms in total. The van der Waals surface area contributed by atoms with Gasteiger partial charge in [0, 0.05) is 33.4 Å². The zero-order valence-electron chi connectivity index (χ0n) is 22.8. The fourth-order valence-electron chi connectivity index (χ4n) is 4.97. The Morgan fingerprint density at radius 3 is 0.881 bits per heavy atom. The summed E-state index contributed by atoms with van der Waals surface area (Å²) >= 11 is 0. The largest absolute Gasteiger partial charge is 0.228 e. The van der Waals surface area contributed by atoms with Gasteiger partial charge in [-0.05, 0) is 18.2 Å². The van der Waals surface area contributed by atoms with Crippen molar-refractivity contribution >= 4 is 0 Å². The van der Waals surface area contributed by atoms with Crippen molar-refractivity contribution in [2.24, 2.45) is 0 Å². The molecule has 0 aliphatic carbocycles. The van der Waals surface area contributed by atoms with Crippen molar-refractivity contribution in [3.05, 3.63) is 158 Å². The number of benzene rings is 5. The van der Waals surface area contributed by atoms with Crippen molar-refractivity contribution in [1.29, 1.82) is 0 Å². The Morgan fingerprint density at radius 2 is 0.524 bits per heavy atom. The van der Waals surface area contributed by atoms with Crippen LogP contribution in [0, 0.1) is 0 Å². The van der Waals surface area contributed by atoms with Crippen LogP contribution in [0.3, 0.4) is 0 Å². The van der Waals surface area contributed by atoms with Gasteiger partial charge in [-0.15, -0.1) is 0 Å². The van der Waals surface area contributed by atoms with E-state index in [2.05, 4.69) is 60.7 Å². The Balaban J connectivity index is 1.37. The maximum atomic E-state index is 5.02. The number of hydrogen-bond acceptors (Lipinski definition) is 4. The van der Waals surface area contributed by atoms with Gasteiger partial charge in [0.05, 0.1) is 22.8 Å². The standard InChI is InChI=1S/C38H26N4/c1-5-14-27(15-6-1)33-25-35(41-37(39-33)29-18-9-3-10-19-29)31-22-13-23-32(24-31)36-26-34(28-16-7-2-8-17-28)40-38(42-36)30-20-11-4-12-21-30/h1-26H. The summed E-state index contributed by atoms with van der Waals surface area (Å²) < 4.78 is 0. The molecule has 0 radical (unpaired) electrons. The van der Waals surface area contributed by atoms with Gasteiger partial charge in [0.15, 0.2) is 11.6 Å². The second-order valence-corrected chi connectivity index (χ2v) is 9.97. The minimum Gasteiger partial charge on any atom is -0.228 e. The molecule has 0 saturated carbocycles. The Labute approximate surface area is 245 Å². The lowest BCUT2D eigenvalue weighted by atomic mass is 10.0. The number of rotatable bonds is 6. The second-order valence-electron chi connectivity index (χ2n) is 9.97. The lowest BCUT2D eigenvalue weighted by Gasteiger charge is -2.12. The highest BCUT2D eigenvalue weighted by Gasteiger charge is 2.14. The first kappa shape index (κ1) is 25.2. The van der Waals surface area contributed by atoms with Crippen LogP contribution in [0.4, 0.5) is 0 Å². The molecule has 0 spiro atoms. The Bertz CT molecular complexity index is 1700. The number of hydrogen-bond donors (Lipinski definition) is 0. The molecule has 0 aliphatic heterocycles. The molecule has 0 bridgehead atoms. The van der Waals surface area contributed by atoms with Gasteiger partial charge in [-0.2, -0.15) is 0 Å². The van der Waals surface area contributed by atoms with E-state index in [1.54, 1.807) is 0 Å². The summed E-state index contributed by atoms with van der Waals surface area (Å²) in [7, 11) is 0. The molecule has 7 aromatic rings. The van der Waals surface area contributed by atoms with E-state index in [0.717, 1.165) is 56.2 Å². The average Bonchev–Trinajstić information content (AvgIpc) is 3.09. The Morgan fingerprint density at radius 1 is 0.238 bits per heavy atom. The van der Waals surface area contributed by atoms with Gasteiger partial charge >= 0.3 is 0 Å². The second kappa shape index (κ2) is 11.4. The molecule has 2 aromatic heterocycles. The minimum absolute atomic E-state index is 0.692. The van der Waals surface area contributed by atoms with Crippen LogP contribution < -0.4 is 0 Å². The highest BCUT2D eigenvalue weighted by atomic mass is 14.9. The van der Waals surface area contributed by atoms with E-state index in [-0.39, 0.29) is 0 Å². The fraction of sp³-hybridized carbons (Fsp3) is 0. The molecule has 0 amide bonds. The summed E-state index contributed by atoms with van der Waals surface area (Å²) in [5.74, 6) is 1.38. The first-order chi connectivity index (χ1) is 20.8. The maximum Gasteiger partial charge on any atom is 0.160 e. The van der Waals surface area contributed by atoms with Crippen molar-refractivity contribution in [2.75, 3.05) is 0 Å². The zero-order chi connectivity index (χ0) is 28.1. The van der Waals surface area contributed by atoms with Gasteiger partial charge in [-0.25, -0.2) is 19.9 Å². The molecule has 4 heteroatoms. The van der Waals surface area contributed by atoms with Crippen molar-refractivity contribution in [1.82, 2.24) is 19.9 Å². The molecule has 0 fully saturated rings. The topological polar surface area (TPSA) is 51.6 Å². The number of aromatic nitrogens is 4. The van der Waals surface area contributed by atoms with Crippen LogP contribution in [-0.4, -0.2) is 19.9 Å². The molecule has 7 rings (SSSR count). The normalized spacial score (nSPS) is 10.9. The van der Waals surface area contributed by atoms with Gasteiger partial charge in [-0.3, -0.25) is 0 Å². The van der Waals surface area contributed by atoms with Crippen LogP contribution in [-0.2, 0) is 0 Å². The molecule has 0 aliphatic rings. The van der Waals surface area contributed by atoms with E-state index < -0.39 is 0 Å². The van der Waals surface area contributed by atoms with Crippen LogP contribution in [0.2, 0.25) is 0 Å². The molecule has 5 aromatic carbocycles.